The number of nitrogens with zero attached hydrogens (tertiary/aromatic N) is 1. The number of amides is 3. The minimum atomic E-state index is -0.271. The van der Waals surface area contributed by atoms with Crippen molar-refractivity contribution >= 4 is 35.7 Å². The van der Waals surface area contributed by atoms with E-state index in [4.69, 9.17) is 5.73 Å². The molecule has 0 saturated heterocycles. The van der Waals surface area contributed by atoms with Crippen LogP contribution in [0.3, 0.4) is 0 Å². The molecule has 0 bridgehead atoms. The highest BCUT2D eigenvalue weighted by atomic mass is 35.5. The van der Waals surface area contributed by atoms with Crippen LogP contribution in [0, 0.1) is 5.92 Å². The number of rotatable bonds is 4. The topological polar surface area (TPSA) is 87.5 Å². The van der Waals surface area contributed by atoms with Crippen LogP contribution < -0.4 is 21.3 Å². The zero-order chi connectivity index (χ0) is 16.3. The van der Waals surface area contributed by atoms with Gasteiger partial charge in [0.25, 0.3) is 0 Å². The number of anilines is 2. The zero-order valence-electron chi connectivity index (χ0n) is 13.8. The molecule has 128 valence electrons. The van der Waals surface area contributed by atoms with Crippen molar-refractivity contribution in [3.8, 4) is 0 Å². The summed E-state index contributed by atoms with van der Waals surface area (Å²) in [6.45, 7) is 6.75. The van der Waals surface area contributed by atoms with Gasteiger partial charge in [-0.2, -0.15) is 0 Å². The van der Waals surface area contributed by atoms with E-state index in [1.54, 1.807) is 11.8 Å². The van der Waals surface area contributed by atoms with Gasteiger partial charge in [-0.1, -0.05) is 13.0 Å². The minimum Gasteiger partial charge on any atom is -0.338 e. The number of carbonyl (C=O) groups is 2. The standard InChI is InChI=1S/C16H24N4O2.ClH/c1-4-18-16(22)20-8-7-12-5-6-13(9-14(12)20)19-15(21)10(2)11(3)17;/h5-6,9-11H,4,7-8,17H2,1-3H3,(H,18,22)(H,19,21);1H. The lowest BCUT2D eigenvalue weighted by Gasteiger charge is -2.19. The lowest BCUT2D eigenvalue weighted by Crippen LogP contribution is -2.38. The number of nitrogens with two attached hydrogens (primary N) is 1. The van der Waals surface area contributed by atoms with Gasteiger partial charge in [-0.05, 0) is 38.0 Å². The fourth-order valence-corrected chi connectivity index (χ4v) is 2.41. The average Bonchev–Trinajstić information content (AvgIpc) is 2.89. The number of fused-ring (bicyclic) bond motifs is 1. The molecule has 2 atom stereocenters. The van der Waals surface area contributed by atoms with E-state index in [0.717, 1.165) is 17.7 Å². The summed E-state index contributed by atoms with van der Waals surface area (Å²) in [5.74, 6) is -0.384. The normalized spacial score (nSPS) is 15.2. The highest BCUT2D eigenvalue weighted by molar-refractivity contribution is 5.97. The van der Waals surface area contributed by atoms with Crippen molar-refractivity contribution in [1.82, 2.24) is 5.32 Å². The maximum Gasteiger partial charge on any atom is 0.321 e. The summed E-state index contributed by atoms with van der Waals surface area (Å²) in [6, 6.07) is 5.37. The Labute approximate surface area is 143 Å². The fraction of sp³-hybridized carbons (Fsp3) is 0.500. The van der Waals surface area contributed by atoms with Crippen molar-refractivity contribution in [1.29, 1.82) is 0 Å². The Balaban J connectivity index is 0.00000264. The van der Waals surface area contributed by atoms with Gasteiger partial charge >= 0.3 is 6.03 Å². The minimum absolute atomic E-state index is 0. The van der Waals surface area contributed by atoms with E-state index in [2.05, 4.69) is 10.6 Å². The molecule has 1 aromatic carbocycles. The van der Waals surface area contributed by atoms with Crippen molar-refractivity contribution in [2.45, 2.75) is 33.2 Å². The molecule has 0 aliphatic carbocycles. The van der Waals surface area contributed by atoms with Crippen molar-refractivity contribution < 1.29 is 9.59 Å². The maximum absolute atomic E-state index is 12.1. The molecule has 2 rings (SSSR count). The zero-order valence-corrected chi connectivity index (χ0v) is 14.6. The predicted molar refractivity (Wildman–Crippen MR) is 95.3 cm³/mol. The van der Waals surface area contributed by atoms with Gasteiger partial charge in [-0.3, -0.25) is 9.69 Å². The summed E-state index contributed by atoms with van der Waals surface area (Å²) >= 11 is 0. The Hall–Kier alpha value is -1.79. The summed E-state index contributed by atoms with van der Waals surface area (Å²) in [5, 5.41) is 5.67. The summed E-state index contributed by atoms with van der Waals surface area (Å²) in [4.78, 5) is 25.8. The van der Waals surface area contributed by atoms with Crippen LogP contribution in [-0.2, 0) is 11.2 Å². The molecule has 4 N–H and O–H groups in total. The Bertz CT molecular complexity index is 577. The second-order valence-corrected chi connectivity index (χ2v) is 5.72. The molecule has 2 unspecified atom stereocenters. The Morgan fingerprint density at radius 2 is 2.04 bits per heavy atom. The maximum atomic E-state index is 12.1. The van der Waals surface area contributed by atoms with Crippen LogP contribution >= 0.6 is 12.4 Å². The third-order valence-electron chi connectivity index (χ3n) is 4.02. The van der Waals surface area contributed by atoms with E-state index in [1.165, 1.54) is 0 Å². The van der Waals surface area contributed by atoms with E-state index in [1.807, 2.05) is 32.0 Å². The number of nitrogens with one attached hydrogen (secondary N) is 2. The van der Waals surface area contributed by atoms with Crippen LogP contribution in [0.5, 0.6) is 0 Å². The van der Waals surface area contributed by atoms with Gasteiger partial charge in [0.2, 0.25) is 5.91 Å². The number of hydrogen-bond donors (Lipinski definition) is 3. The second kappa shape index (κ2) is 8.17. The van der Waals surface area contributed by atoms with Gasteiger partial charge in [0.1, 0.15) is 0 Å². The molecule has 23 heavy (non-hydrogen) atoms. The van der Waals surface area contributed by atoms with E-state index in [0.29, 0.717) is 18.8 Å². The number of halogens is 1. The monoisotopic (exact) mass is 340 g/mol. The molecule has 0 fully saturated rings. The fourth-order valence-electron chi connectivity index (χ4n) is 2.41. The van der Waals surface area contributed by atoms with Gasteiger partial charge in [0.05, 0.1) is 11.6 Å². The SMILES string of the molecule is CCNC(=O)N1CCc2ccc(NC(=O)C(C)C(C)N)cc21.Cl. The lowest BCUT2D eigenvalue weighted by atomic mass is 10.0. The molecule has 1 aliphatic heterocycles. The Morgan fingerprint density at radius 1 is 1.35 bits per heavy atom. The summed E-state index contributed by atoms with van der Waals surface area (Å²) in [5.41, 5.74) is 8.42. The molecule has 0 aromatic heterocycles. The summed E-state index contributed by atoms with van der Waals surface area (Å²) in [6.07, 6.45) is 0.830. The van der Waals surface area contributed by atoms with Crippen molar-refractivity contribution in [2.24, 2.45) is 11.7 Å². The third kappa shape index (κ3) is 4.36. The quantitative estimate of drug-likeness (QED) is 0.784. The summed E-state index contributed by atoms with van der Waals surface area (Å²) in [7, 11) is 0. The third-order valence-corrected chi connectivity index (χ3v) is 4.02. The van der Waals surface area contributed by atoms with Gasteiger partial charge in [0.15, 0.2) is 0 Å². The smallest absolute Gasteiger partial charge is 0.321 e. The molecular weight excluding hydrogens is 316 g/mol. The number of hydrogen-bond acceptors (Lipinski definition) is 3. The van der Waals surface area contributed by atoms with E-state index < -0.39 is 0 Å². The molecule has 1 heterocycles. The van der Waals surface area contributed by atoms with Crippen LogP contribution in [-0.4, -0.2) is 31.1 Å². The number of carbonyl (C=O) groups excluding carboxylic acids is 2. The number of benzene rings is 1. The van der Waals surface area contributed by atoms with Crippen LogP contribution in [0.1, 0.15) is 26.3 Å². The molecule has 1 aliphatic rings. The largest absolute Gasteiger partial charge is 0.338 e. The van der Waals surface area contributed by atoms with Crippen LogP contribution in [0.4, 0.5) is 16.2 Å². The van der Waals surface area contributed by atoms with Gasteiger partial charge in [-0.15, -0.1) is 12.4 Å². The van der Waals surface area contributed by atoms with Gasteiger partial charge < -0.3 is 16.4 Å². The van der Waals surface area contributed by atoms with Crippen molar-refractivity contribution in [3.63, 3.8) is 0 Å². The van der Waals surface area contributed by atoms with Crippen molar-refractivity contribution in [2.75, 3.05) is 23.3 Å². The lowest BCUT2D eigenvalue weighted by molar-refractivity contribution is -0.119. The van der Waals surface area contributed by atoms with Crippen LogP contribution in [0.2, 0.25) is 0 Å². The van der Waals surface area contributed by atoms with E-state index >= 15 is 0 Å². The molecule has 7 heteroatoms. The van der Waals surface area contributed by atoms with Crippen LogP contribution in [0.25, 0.3) is 0 Å². The highest BCUT2D eigenvalue weighted by Gasteiger charge is 2.25. The van der Waals surface area contributed by atoms with E-state index in [-0.39, 0.29) is 36.3 Å². The first kappa shape index (κ1) is 19.3. The highest BCUT2D eigenvalue weighted by Crippen LogP contribution is 2.31. The molecule has 3 amide bonds. The van der Waals surface area contributed by atoms with Crippen LogP contribution in [0.15, 0.2) is 18.2 Å². The Morgan fingerprint density at radius 3 is 2.65 bits per heavy atom. The first-order valence-corrected chi connectivity index (χ1v) is 7.68. The average molecular weight is 341 g/mol. The molecule has 0 radical (unpaired) electrons. The van der Waals surface area contributed by atoms with E-state index in [9.17, 15) is 9.59 Å². The second-order valence-electron chi connectivity index (χ2n) is 5.72. The first-order valence-electron chi connectivity index (χ1n) is 7.68. The van der Waals surface area contributed by atoms with Crippen molar-refractivity contribution in [3.05, 3.63) is 23.8 Å². The molecule has 0 saturated carbocycles. The number of urea groups is 1. The molecule has 0 spiro atoms. The Kier molecular flexibility index (Phi) is 6.84. The predicted octanol–water partition coefficient (Wildman–Crippen LogP) is 2.12. The van der Waals surface area contributed by atoms with Gasteiger partial charge in [-0.25, -0.2) is 4.79 Å². The summed E-state index contributed by atoms with van der Waals surface area (Å²) < 4.78 is 0. The first-order chi connectivity index (χ1) is 10.4. The molecular formula is C16H25ClN4O2. The molecule has 6 nitrogen and oxygen atoms in total. The molecule has 1 aromatic rings. The van der Waals surface area contributed by atoms with Gasteiger partial charge in [0, 0.05) is 24.8 Å².